The highest BCUT2D eigenvalue weighted by atomic mass is 32.2. The third kappa shape index (κ3) is 5.07. The zero-order valence-electron chi connectivity index (χ0n) is 15.5. The molecule has 2 aromatic carbocycles. The second kappa shape index (κ2) is 9.45. The summed E-state index contributed by atoms with van der Waals surface area (Å²) in [6.45, 7) is 0.540. The number of hydrogen-bond donors (Lipinski definition) is 1. The third-order valence-corrected chi connectivity index (χ3v) is 5.85. The van der Waals surface area contributed by atoms with E-state index in [0.29, 0.717) is 11.7 Å². The summed E-state index contributed by atoms with van der Waals surface area (Å²) in [4.78, 5) is 18.0. The molecule has 5 nitrogen and oxygen atoms in total. The van der Waals surface area contributed by atoms with Gasteiger partial charge in [-0.25, -0.2) is 4.98 Å². The lowest BCUT2D eigenvalue weighted by atomic mass is 10.0. The highest BCUT2D eigenvalue weighted by molar-refractivity contribution is 7.99. The van der Waals surface area contributed by atoms with Crippen molar-refractivity contribution in [3.63, 3.8) is 0 Å². The molecular formula is C22H18N4OS2. The van der Waals surface area contributed by atoms with Crippen molar-refractivity contribution in [1.82, 2.24) is 20.5 Å². The molecule has 0 aliphatic heterocycles. The molecule has 4 rings (SSSR count). The molecule has 1 amide bonds. The molecule has 7 heteroatoms. The molecule has 0 fully saturated rings. The van der Waals surface area contributed by atoms with Crippen molar-refractivity contribution in [2.45, 2.75) is 11.7 Å². The van der Waals surface area contributed by atoms with Crippen LogP contribution in [0, 0.1) is 0 Å². The quantitative estimate of drug-likeness (QED) is 0.442. The molecule has 0 bridgehead atoms. The molecule has 0 saturated carbocycles. The van der Waals surface area contributed by atoms with E-state index in [1.807, 2.05) is 78.2 Å². The van der Waals surface area contributed by atoms with Crippen LogP contribution in [0.15, 0.2) is 83.3 Å². The van der Waals surface area contributed by atoms with E-state index in [4.69, 9.17) is 4.98 Å². The third-order valence-electron chi connectivity index (χ3n) is 4.13. The molecule has 144 valence electrons. The lowest BCUT2D eigenvalue weighted by Gasteiger charge is -2.09. The minimum Gasteiger partial charge on any atom is -0.350 e. The number of rotatable bonds is 7. The van der Waals surface area contributed by atoms with Gasteiger partial charge in [0, 0.05) is 16.0 Å². The Balaban J connectivity index is 1.52. The molecule has 0 spiro atoms. The highest BCUT2D eigenvalue weighted by Crippen LogP contribution is 2.29. The van der Waals surface area contributed by atoms with E-state index in [1.165, 1.54) is 11.8 Å². The van der Waals surface area contributed by atoms with Crippen LogP contribution in [-0.4, -0.2) is 26.8 Å². The summed E-state index contributed by atoms with van der Waals surface area (Å²) in [6.07, 6.45) is 0. The molecule has 0 saturated heterocycles. The predicted molar refractivity (Wildman–Crippen MR) is 118 cm³/mol. The van der Waals surface area contributed by atoms with Gasteiger partial charge in [-0.2, -0.15) is 0 Å². The molecule has 0 radical (unpaired) electrons. The number of amides is 1. The van der Waals surface area contributed by atoms with Gasteiger partial charge in [0.1, 0.15) is 11.4 Å². The van der Waals surface area contributed by atoms with Gasteiger partial charge in [0.15, 0.2) is 0 Å². The van der Waals surface area contributed by atoms with Crippen LogP contribution in [0.25, 0.3) is 22.5 Å². The maximum Gasteiger partial charge on any atom is 0.230 e. The van der Waals surface area contributed by atoms with Gasteiger partial charge in [-0.15, -0.1) is 21.5 Å². The molecule has 0 atom stereocenters. The monoisotopic (exact) mass is 418 g/mol. The molecule has 1 N–H and O–H groups in total. The van der Waals surface area contributed by atoms with Crippen molar-refractivity contribution in [2.24, 2.45) is 0 Å². The van der Waals surface area contributed by atoms with Crippen LogP contribution >= 0.6 is 23.1 Å². The minimum absolute atomic E-state index is 0.0552. The summed E-state index contributed by atoms with van der Waals surface area (Å²) < 4.78 is 0. The van der Waals surface area contributed by atoms with Gasteiger partial charge < -0.3 is 5.32 Å². The van der Waals surface area contributed by atoms with E-state index in [0.717, 1.165) is 27.4 Å². The fraction of sp³-hybridized carbons (Fsp3) is 0.0909. The second-order valence-electron chi connectivity index (χ2n) is 6.17. The van der Waals surface area contributed by atoms with Crippen LogP contribution in [0.5, 0.6) is 0 Å². The van der Waals surface area contributed by atoms with Gasteiger partial charge >= 0.3 is 0 Å². The molecule has 29 heavy (non-hydrogen) atoms. The number of nitrogens with zero attached hydrogens (tertiary/aromatic N) is 3. The van der Waals surface area contributed by atoms with Gasteiger partial charge in [0.25, 0.3) is 0 Å². The Bertz CT molecular complexity index is 1070. The van der Waals surface area contributed by atoms with E-state index < -0.39 is 0 Å². The topological polar surface area (TPSA) is 67.8 Å². The molecule has 4 aromatic rings. The van der Waals surface area contributed by atoms with E-state index in [-0.39, 0.29) is 11.7 Å². The van der Waals surface area contributed by atoms with Crippen molar-refractivity contribution in [3.8, 4) is 22.5 Å². The number of carbonyl (C=O) groups is 1. The van der Waals surface area contributed by atoms with E-state index in [2.05, 4.69) is 15.5 Å². The van der Waals surface area contributed by atoms with Gasteiger partial charge in [0.2, 0.25) is 11.1 Å². The smallest absolute Gasteiger partial charge is 0.230 e. The maximum atomic E-state index is 12.2. The highest BCUT2D eigenvalue weighted by Gasteiger charge is 2.14. The Labute approximate surface area is 177 Å². The fourth-order valence-corrected chi connectivity index (χ4v) is 4.00. The Kier molecular flexibility index (Phi) is 6.29. The van der Waals surface area contributed by atoms with Crippen LogP contribution in [0.3, 0.4) is 0 Å². The maximum absolute atomic E-state index is 12.2. The number of aromatic nitrogens is 3. The lowest BCUT2D eigenvalue weighted by Crippen LogP contribution is -2.24. The zero-order chi connectivity index (χ0) is 19.9. The summed E-state index contributed by atoms with van der Waals surface area (Å²) in [5, 5.41) is 14.1. The summed E-state index contributed by atoms with van der Waals surface area (Å²) in [5.41, 5.74) is 3.40. The standard InChI is InChI=1S/C22H18N4OS2/c27-19(23-14-18-12-7-13-28-18)15-29-22-24-20(16-8-3-1-4-9-16)21(25-26-22)17-10-5-2-6-11-17/h1-13H,14-15H2,(H,23,27). The molecule has 2 aromatic heterocycles. The second-order valence-corrected chi connectivity index (χ2v) is 8.14. The number of thiophene rings is 1. The summed E-state index contributed by atoms with van der Waals surface area (Å²) in [7, 11) is 0. The summed E-state index contributed by atoms with van der Waals surface area (Å²) >= 11 is 2.91. The van der Waals surface area contributed by atoms with Crippen molar-refractivity contribution in [2.75, 3.05) is 5.75 Å². The largest absolute Gasteiger partial charge is 0.350 e. The van der Waals surface area contributed by atoms with Gasteiger partial charge in [0.05, 0.1) is 12.3 Å². The van der Waals surface area contributed by atoms with Crippen LogP contribution < -0.4 is 5.32 Å². The van der Waals surface area contributed by atoms with Crippen molar-refractivity contribution >= 4 is 29.0 Å². The van der Waals surface area contributed by atoms with Gasteiger partial charge in [-0.05, 0) is 11.4 Å². The van der Waals surface area contributed by atoms with Crippen LogP contribution in [0.4, 0.5) is 0 Å². The summed E-state index contributed by atoms with van der Waals surface area (Å²) in [6, 6.07) is 23.7. The van der Waals surface area contributed by atoms with E-state index >= 15 is 0 Å². The summed E-state index contributed by atoms with van der Waals surface area (Å²) in [5.74, 6) is 0.187. The van der Waals surface area contributed by atoms with Gasteiger partial charge in [-0.3, -0.25) is 4.79 Å². The number of carbonyl (C=O) groups excluding carboxylic acids is 1. The average molecular weight is 419 g/mol. The predicted octanol–water partition coefficient (Wildman–Crippen LogP) is 4.68. The lowest BCUT2D eigenvalue weighted by molar-refractivity contribution is -0.118. The van der Waals surface area contributed by atoms with E-state index in [9.17, 15) is 4.79 Å². The van der Waals surface area contributed by atoms with Crippen LogP contribution in [-0.2, 0) is 11.3 Å². The molecule has 0 aliphatic carbocycles. The van der Waals surface area contributed by atoms with Crippen molar-refractivity contribution in [1.29, 1.82) is 0 Å². The Morgan fingerprint density at radius 3 is 2.21 bits per heavy atom. The first-order chi connectivity index (χ1) is 14.3. The Morgan fingerprint density at radius 1 is 0.862 bits per heavy atom. The zero-order valence-corrected chi connectivity index (χ0v) is 17.1. The average Bonchev–Trinajstić information content (AvgIpc) is 3.31. The van der Waals surface area contributed by atoms with E-state index in [1.54, 1.807) is 11.3 Å². The Morgan fingerprint density at radius 2 is 1.55 bits per heavy atom. The normalized spacial score (nSPS) is 10.6. The number of hydrogen-bond acceptors (Lipinski definition) is 6. The number of thioether (sulfide) groups is 1. The first-order valence-corrected chi connectivity index (χ1v) is 10.9. The molecule has 0 unspecified atom stereocenters. The van der Waals surface area contributed by atoms with Crippen molar-refractivity contribution < 1.29 is 4.79 Å². The number of nitrogens with one attached hydrogen (secondary N) is 1. The Hall–Kier alpha value is -3.03. The van der Waals surface area contributed by atoms with Crippen molar-refractivity contribution in [3.05, 3.63) is 83.1 Å². The molecule has 0 aliphatic rings. The first-order valence-electron chi connectivity index (χ1n) is 9.07. The fourth-order valence-electron chi connectivity index (χ4n) is 2.74. The minimum atomic E-state index is -0.0552. The first kappa shape index (κ1) is 19.3. The molecule has 2 heterocycles. The number of benzene rings is 2. The van der Waals surface area contributed by atoms with Gasteiger partial charge in [-0.1, -0.05) is 78.5 Å². The SMILES string of the molecule is O=C(CSc1nnc(-c2ccccc2)c(-c2ccccc2)n1)NCc1cccs1. The van der Waals surface area contributed by atoms with Crippen LogP contribution in [0.2, 0.25) is 0 Å². The van der Waals surface area contributed by atoms with Crippen LogP contribution in [0.1, 0.15) is 4.88 Å². The molecular weight excluding hydrogens is 400 g/mol.